The quantitative estimate of drug-likeness (QED) is 0.847. The molecule has 2 rings (SSSR count). The van der Waals surface area contributed by atoms with Gasteiger partial charge in [0.2, 0.25) is 10.0 Å². The minimum Gasteiger partial charge on any atom is -0.478 e. The van der Waals surface area contributed by atoms with E-state index in [-0.39, 0.29) is 16.5 Å². The second kappa shape index (κ2) is 4.70. The molecule has 1 saturated carbocycles. The first-order valence-electron chi connectivity index (χ1n) is 5.76. The minimum atomic E-state index is -3.55. The molecule has 1 aliphatic rings. The van der Waals surface area contributed by atoms with E-state index in [1.165, 1.54) is 24.3 Å². The maximum atomic E-state index is 12.0. The van der Waals surface area contributed by atoms with Gasteiger partial charge in [0.05, 0.1) is 10.5 Å². The Balaban J connectivity index is 2.15. The van der Waals surface area contributed by atoms with Gasteiger partial charge in [-0.1, -0.05) is 0 Å². The van der Waals surface area contributed by atoms with Gasteiger partial charge >= 0.3 is 5.97 Å². The van der Waals surface area contributed by atoms with Crippen LogP contribution in [0.4, 0.5) is 0 Å². The zero-order valence-electron chi connectivity index (χ0n) is 9.96. The summed E-state index contributed by atoms with van der Waals surface area (Å²) in [5, 5.41) is 8.74. The molecule has 0 spiro atoms. The van der Waals surface area contributed by atoms with E-state index in [0.29, 0.717) is 5.92 Å². The number of carboxylic acid groups (broad SMARTS) is 1. The van der Waals surface area contributed by atoms with Crippen LogP contribution in [0.5, 0.6) is 0 Å². The Labute approximate surface area is 106 Å². The molecule has 0 radical (unpaired) electrons. The molecule has 0 amide bonds. The van der Waals surface area contributed by atoms with E-state index in [1.807, 2.05) is 6.92 Å². The molecule has 1 atom stereocenters. The average molecular weight is 269 g/mol. The largest absolute Gasteiger partial charge is 0.478 e. The van der Waals surface area contributed by atoms with Crippen LogP contribution in [0.1, 0.15) is 30.1 Å². The van der Waals surface area contributed by atoms with E-state index in [2.05, 4.69) is 4.72 Å². The van der Waals surface area contributed by atoms with Gasteiger partial charge in [-0.2, -0.15) is 0 Å². The zero-order valence-corrected chi connectivity index (χ0v) is 10.8. The molecule has 0 aromatic heterocycles. The fraction of sp³-hybridized carbons (Fsp3) is 0.417. The summed E-state index contributed by atoms with van der Waals surface area (Å²) in [5.41, 5.74) is 0.0733. The SMILES string of the molecule is CC(NS(=O)(=O)c1ccc(C(=O)O)cc1)C1CC1. The fourth-order valence-corrected chi connectivity index (χ4v) is 3.09. The molecule has 1 aromatic carbocycles. The van der Waals surface area contributed by atoms with E-state index >= 15 is 0 Å². The van der Waals surface area contributed by atoms with Crippen LogP contribution in [0.25, 0.3) is 0 Å². The van der Waals surface area contributed by atoms with Crippen molar-refractivity contribution < 1.29 is 18.3 Å². The Morgan fingerprint density at radius 1 is 1.33 bits per heavy atom. The molecule has 0 aliphatic heterocycles. The number of hydrogen-bond donors (Lipinski definition) is 2. The van der Waals surface area contributed by atoms with Crippen molar-refractivity contribution in [2.24, 2.45) is 5.92 Å². The van der Waals surface area contributed by atoms with Gasteiger partial charge in [-0.25, -0.2) is 17.9 Å². The maximum absolute atomic E-state index is 12.0. The zero-order chi connectivity index (χ0) is 13.3. The molecule has 1 fully saturated rings. The third kappa shape index (κ3) is 2.88. The topological polar surface area (TPSA) is 83.5 Å². The molecule has 98 valence electrons. The second-order valence-corrected chi connectivity index (χ2v) is 6.29. The molecule has 2 N–H and O–H groups in total. The summed E-state index contributed by atoms with van der Waals surface area (Å²) in [6.45, 7) is 1.85. The van der Waals surface area contributed by atoms with Crippen LogP contribution in [0, 0.1) is 5.92 Å². The molecule has 18 heavy (non-hydrogen) atoms. The Morgan fingerprint density at radius 3 is 2.33 bits per heavy atom. The van der Waals surface area contributed by atoms with Crippen molar-refractivity contribution in [1.29, 1.82) is 0 Å². The number of nitrogens with one attached hydrogen (secondary N) is 1. The highest BCUT2D eigenvalue weighted by Crippen LogP contribution is 2.32. The Hall–Kier alpha value is -1.40. The predicted octanol–water partition coefficient (Wildman–Crippen LogP) is 1.46. The van der Waals surface area contributed by atoms with Gasteiger partial charge in [-0.05, 0) is 49.9 Å². The number of hydrogen-bond acceptors (Lipinski definition) is 3. The van der Waals surface area contributed by atoms with E-state index < -0.39 is 16.0 Å². The van der Waals surface area contributed by atoms with Crippen molar-refractivity contribution in [3.05, 3.63) is 29.8 Å². The van der Waals surface area contributed by atoms with E-state index in [1.54, 1.807) is 0 Å². The highest BCUT2D eigenvalue weighted by molar-refractivity contribution is 7.89. The lowest BCUT2D eigenvalue weighted by Crippen LogP contribution is -2.34. The summed E-state index contributed by atoms with van der Waals surface area (Å²) in [6, 6.07) is 5.13. The van der Waals surface area contributed by atoms with Crippen molar-refractivity contribution in [3.63, 3.8) is 0 Å². The smallest absolute Gasteiger partial charge is 0.335 e. The van der Waals surface area contributed by atoms with Gasteiger partial charge in [0.15, 0.2) is 0 Å². The lowest BCUT2D eigenvalue weighted by molar-refractivity contribution is 0.0696. The molecule has 6 heteroatoms. The van der Waals surface area contributed by atoms with Crippen molar-refractivity contribution in [2.45, 2.75) is 30.7 Å². The van der Waals surface area contributed by atoms with E-state index in [9.17, 15) is 13.2 Å². The van der Waals surface area contributed by atoms with Crippen molar-refractivity contribution in [2.75, 3.05) is 0 Å². The summed E-state index contributed by atoms with van der Waals surface area (Å²) < 4.78 is 26.6. The molecule has 5 nitrogen and oxygen atoms in total. The van der Waals surface area contributed by atoms with Crippen molar-refractivity contribution >= 4 is 16.0 Å². The third-order valence-corrected chi connectivity index (χ3v) is 4.66. The van der Waals surface area contributed by atoms with Crippen LogP contribution in [-0.4, -0.2) is 25.5 Å². The van der Waals surface area contributed by atoms with Crippen LogP contribution in [0.2, 0.25) is 0 Å². The number of sulfonamides is 1. The highest BCUT2D eigenvalue weighted by atomic mass is 32.2. The number of aromatic carboxylic acids is 1. The van der Waals surface area contributed by atoms with Gasteiger partial charge in [-0.15, -0.1) is 0 Å². The summed E-state index contributed by atoms with van der Waals surface area (Å²) in [5.74, 6) is -0.642. The number of rotatable bonds is 5. The molecular weight excluding hydrogens is 254 g/mol. The van der Waals surface area contributed by atoms with Gasteiger partial charge < -0.3 is 5.11 Å². The Morgan fingerprint density at radius 2 is 1.89 bits per heavy atom. The molecule has 0 saturated heterocycles. The summed E-state index contributed by atoms with van der Waals surface area (Å²) in [4.78, 5) is 10.8. The first kappa shape index (κ1) is 13.0. The number of carbonyl (C=O) groups is 1. The molecule has 0 heterocycles. The molecule has 1 aliphatic carbocycles. The molecule has 1 unspecified atom stereocenters. The van der Waals surface area contributed by atoms with Gasteiger partial charge in [0, 0.05) is 6.04 Å². The monoisotopic (exact) mass is 269 g/mol. The lowest BCUT2D eigenvalue weighted by atomic mass is 10.2. The maximum Gasteiger partial charge on any atom is 0.335 e. The number of carboxylic acids is 1. The number of benzene rings is 1. The first-order chi connectivity index (χ1) is 8.40. The first-order valence-corrected chi connectivity index (χ1v) is 7.24. The average Bonchev–Trinajstić information content (AvgIpc) is 3.12. The fourth-order valence-electron chi connectivity index (χ4n) is 1.78. The van der Waals surface area contributed by atoms with E-state index in [0.717, 1.165) is 12.8 Å². The minimum absolute atomic E-state index is 0.0733. The lowest BCUT2D eigenvalue weighted by Gasteiger charge is -2.13. The normalized spacial score (nSPS) is 17.4. The van der Waals surface area contributed by atoms with Crippen LogP contribution in [0.15, 0.2) is 29.2 Å². The molecule has 0 bridgehead atoms. The van der Waals surface area contributed by atoms with Crippen LogP contribution in [-0.2, 0) is 10.0 Å². The predicted molar refractivity (Wildman–Crippen MR) is 65.9 cm³/mol. The molecule has 1 aromatic rings. The standard InChI is InChI=1S/C12H15NO4S/c1-8(9-2-3-9)13-18(16,17)11-6-4-10(5-7-11)12(14)15/h4-9,13H,2-3H2,1H3,(H,14,15). The van der Waals surface area contributed by atoms with Crippen LogP contribution >= 0.6 is 0 Å². The van der Waals surface area contributed by atoms with Gasteiger partial charge in [0.25, 0.3) is 0 Å². The summed E-state index contributed by atoms with van der Waals surface area (Å²) >= 11 is 0. The Kier molecular flexibility index (Phi) is 3.41. The summed E-state index contributed by atoms with van der Waals surface area (Å²) in [7, 11) is -3.55. The van der Waals surface area contributed by atoms with Gasteiger partial charge in [-0.3, -0.25) is 0 Å². The van der Waals surface area contributed by atoms with Crippen molar-refractivity contribution in [3.8, 4) is 0 Å². The van der Waals surface area contributed by atoms with Gasteiger partial charge in [0.1, 0.15) is 0 Å². The third-order valence-electron chi connectivity index (χ3n) is 3.08. The molecular formula is C12H15NO4S. The van der Waals surface area contributed by atoms with Crippen LogP contribution < -0.4 is 4.72 Å². The van der Waals surface area contributed by atoms with Crippen molar-refractivity contribution in [1.82, 2.24) is 4.72 Å². The van der Waals surface area contributed by atoms with Crippen LogP contribution in [0.3, 0.4) is 0 Å². The second-order valence-electron chi connectivity index (χ2n) is 4.58. The Bertz CT molecular complexity index is 546. The highest BCUT2D eigenvalue weighted by Gasteiger charge is 2.31. The summed E-state index contributed by atoms with van der Waals surface area (Å²) in [6.07, 6.45) is 2.11. The van der Waals surface area contributed by atoms with E-state index in [4.69, 9.17) is 5.11 Å².